The fraction of sp³-hybridized carbons (Fsp3) is 0.0769. The van der Waals surface area contributed by atoms with Gasteiger partial charge in [-0.15, -0.1) is 0 Å². The number of anilines is 1. The van der Waals surface area contributed by atoms with Crippen molar-refractivity contribution in [2.75, 3.05) is 5.73 Å². The van der Waals surface area contributed by atoms with Gasteiger partial charge in [0.05, 0.1) is 28.7 Å². The minimum Gasteiger partial charge on any atom is -0.489 e. The van der Waals surface area contributed by atoms with E-state index in [1.165, 1.54) is 6.20 Å². The summed E-state index contributed by atoms with van der Waals surface area (Å²) in [5.74, 6) is 0.323. The number of carbonyl (C=O) groups is 1. The number of carbonyl (C=O) groups excluding carboxylic acids is 1. The van der Waals surface area contributed by atoms with Gasteiger partial charge in [0.15, 0.2) is 0 Å². The molecule has 4 N–H and O–H groups in total. The first kappa shape index (κ1) is 20.9. The third-order valence-electron chi connectivity index (χ3n) is 4.87. The largest absolute Gasteiger partial charge is 0.489 e. The van der Waals surface area contributed by atoms with Crippen LogP contribution in [-0.2, 0) is 13.2 Å². The summed E-state index contributed by atoms with van der Waals surface area (Å²) in [6.07, 6.45) is 1.53. The van der Waals surface area contributed by atoms with Crippen LogP contribution >= 0.6 is 0 Å². The molecule has 0 saturated carbocycles. The Hall–Kier alpha value is -4.32. The number of nitrogens with zero attached hydrogens (tertiary/aromatic N) is 1. The van der Waals surface area contributed by atoms with E-state index >= 15 is 0 Å². The molecule has 1 aromatic heterocycles. The Kier molecular flexibility index (Phi) is 6.32. The van der Waals surface area contributed by atoms with E-state index in [4.69, 9.17) is 20.9 Å². The highest BCUT2D eigenvalue weighted by Gasteiger charge is 2.20. The number of aromatic nitrogens is 1. The van der Waals surface area contributed by atoms with Gasteiger partial charge in [0.25, 0.3) is 0 Å². The zero-order valence-corrected chi connectivity index (χ0v) is 17.4. The fourth-order valence-electron chi connectivity index (χ4n) is 3.28. The molecule has 0 aliphatic rings. The third kappa shape index (κ3) is 5.05. The van der Waals surface area contributed by atoms with Gasteiger partial charge >= 0.3 is 0 Å². The van der Waals surface area contributed by atoms with Gasteiger partial charge in [0.1, 0.15) is 24.7 Å². The van der Waals surface area contributed by atoms with Gasteiger partial charge < -0.3 is 20.9 Å². The van der Waals surface area contributed by atoms with Crippen molar-refractivity contribution in [1.29, 1.82) is 0 Å². The summed E-state index contributed by atoms with van der Waals surface area (Å²) in [7, 11) is 0. The molecule has 0 fully saturated rings. The van der Waals surface area contributed by atoms with Crippen LogP contribution in [0.4, 0.5) is 5.69 Å². The van der Waals surface area contributed by atoms with E-state index in [1.807, 2.05) is 60.7 Å². The van der Waals surface area contributed by atoms with Crippen LogP contribution in [0.2, 0.25) is 0 Å². The molecule has 0 unspecified atom stereocenters. The molecule has 6 nitrogen and oxygen atoms in total. The van der Waals surface area contributed by atoms with Gasteiger partial charge in [0, 0.05) is 6.07 Å². The zero-order valence-electron chi connectivity index (χ0n) is 17.4. The fourth-order valence-corrected chi connectivity index (χ4v) is 3.28. The van der Waals surface area contributed by atoms with E-state index in [0.717, 1.165) is 11.1 Å². The first-order valence-electron chi connectivity index (χ1n) is 10.1. The molecule has 0 aliphatic carbocycles. The molecule has 3 aromatic carbocycles. The highest BCUT2D eigenvalue weighted by atomic mass is 16.5. The smallest absolute Gasteiger partial charge is 0.249 e. The van der Waals surface area contributed by atoms with Crippen molar-refractivity contribution in [2.45, 2.75) is 13.2 Å². The van der Waals surface area contributed by atoms with Crippen LogP contribution in [0.1, 0.15) is 21.5 Å². The molecule has 4 aromatic rings. The van der Waals surface area contributed by atoms with E-state index in [0.29, 0.717) is 41.7 Å². The second kappa shape index (κ2) is 9.66. The molecule has 1 amide bonds. The minimum atomic E-state index is -0.603. The van der Waals surface area contributed by atoms with E-state index in [-0.39, 0.29) is 5.56 Å². The van der Waals surface area contributed by atoms with Gasteiger partial charge in [-0.2, -0.15) is 0 Å². The van der Waals surface area contributed by atoms with Gasteiger partial charge in [-0.1, -0.05) is 60.7 Å². The Labute approximate surface area is 186 Å². The summed E-state index contributed by atoms with van der Waals surface area (Å²) >= 11 is 0. The Balaban J connectivity index is 1.73. The number of primary amides is 1. The van der Waals surface area contributed by atoms with Gasteiger partial charge in [-0.05, 0) is 29.3 Å². The maximum atomic E-state index is 12.4. The molecule has 6 heteroatoms. The first-order valence-corrected chi connectivity index (χ1v) is 10.1. The van der Waals surface area contributed by atoms with Gasteiger partial charge in [-0.25, -0.2) is 0 Å². The van der Waals surface area contributed by atoms with Crippen molar-refractivity contribution >= 4 is 11.6 Å². The Morgan fingerprint density at radius 1 is 0.812 bits per heavy atom. The van der Waals surface area contributed by atoms with E-state index < -0.39 is 5.91 Å². The van der Waals surface area contributed by atoms with Crippen LogP contribution < -0.4 is 20.9 Å². The number of ether oxygens (including phenoxy) is 2. The molecular formula is C26H23N3O3. The van der Waals surface area contributed by atoms with Crippen LogP contribution in [0.15, 0.2) is 91.1 Å². The van der Waals surface area contributed by atoms with Crippen molar-refractivity contribution < 1.29 is 14.3 Å². The molecular weight excluding hydrogens is 402 g/mol. The van der Waals surface area contributed by atoms with E-state index in [9.17, 15) is 4.79 Å². The van der Waals surface area contributed by atoms with Crippen molar-refractivity contribution in [3.63, 3.8) is 0 Å². The van der Waals surface area contributed by atoms with Gasteiger partial charge in [-0.3, -0.25) is 9.78 Å². The van der Waals surface area contributed by atoms with Crippen LogP contribution in [-0.4, -0.2) is 10.9 Å². The number of benzene rings is 3. The molecule has 160 valence electrons. The molecule has 0 spiro atoms. The highest BCUT2D eigenvalue weighted by Crippen LogP contribution is 2.37. The van der Waals surface area contributed by atoms with E-state index in [2.05, 4.69) is 4.98 Å². The van der Waals surface area contributed by atoms with E-state index in [1.54, 1.807) is 24.3 Å². The summed E-state index contributed by atoms with van der Waals surface area (Å²) < 4.78 is 12.1. The lowest BCUT2D eigenvalue weighted by atomic mass is 10.0. The number of nitrogen functional groups attached to an aromatic ring is 1. The average Bonchev–Trinajstić information content (AvgIpc) is 2.83. The first-order chi connectivity index (χ1) is 15.6. The standard InChI is InChI=1S/C26H23N3O3/c27-20-11-12-23(29-15-20)25-22(26(28)30)13-21(31-16-18-7-3-1-4-8-18)14-24(25)32-17-19-9-5-2-6-10-19/h1-15H,16-17,27H2,(H2,28,30). The van der Waals surface area contributed by atoms with Crippen molar-refractivity contribution in [1.82, 2.24) is 4.98 Å². The van der Waals surface area contributed by atoms with Gasteiger partial charge in [0.2, 0.25) is 5.91 Å². The lowest BCUT2D eigenvalue weighted by Crippen LogP contribution is -2.14. The summed E-state index contributed by atoms with van der Waals surface area (Å²) in [6.45, 7) is 0.653. The van der Waals surface area contributed by atoms with Crippen LogP contribution in [0.3, 0.4) is 0 Å². The SMILES string of the molecule is NC(=O)c1cc(OCc2ccccc2)cc(OCc2ccccc2)c1-c1ccc(N)cn1. The molecule has 4 rings (SSSR count). The molecule has 1 heterocycles. The monoisotopic (exact) mass is 425 g/mol. The molecule has 0 aliphatic heterocycles. The summed E-state index contributed by atoms with van der Waals surface area (Å²) in [4.78, 5) is 16.8. The minimum absolute atomic E-state index is 0.260. The number of nitrogens with two attached hydrogens (primary N) is 2. The number of rotatable bonds is 8. The lowest BCUT2D eigenvalue weighted by molar-refractivity contribution is 0.1000. The molecule has 0 atom stereocenters. The molecule has 32 heavy (non-hydrogen) atoms. The Morgan fingerprint density at radius 2 is 1.44 bits per heavy atom. The third-order valence-corrected chi connectivity index (χ3v) is 4.87. The summed E-state index contributed by atoms with van der Waals surface area (Å²) in [5, 5.41) is 0. The number of pyridine rings is 1. The van der Waals surface area contributed by atoms with Crippen LogP contribution in [0.5, 0.6) is 11.5 Å². The summed E-state index contributed by atoms with van der Waals surface area (Å²) in [5.41, 5.74) is 15.3. The second-order valence-corrected chi connectivity index (χ2v) is 7.23. The van der Waals surface area contributed by atoms with Crippen molar-refractivity contribution in [3.8, 4) is 22.8 Å². The Morgan fingerprint density at radius 3 is 2.00 bits per heavy atom. The van der Waals surface area contributed by atoms with Crippen molar-refractivity contribution in [2.24, 2.45) is 5.73 Å². The maximum absolute atomic E-state index is 12.4. The molecule has 0 radical (unpaired) electrons. The lowest BCUT2D eigenvalue weighted by Gasteiger charge is -2.17. The predicted octanol–water partition coefficient (Wildman–Crippen LogP) is 4.59. The zero-order chi connectivity index (χ0) is 22.3. The number of amides is 1. The molecule has 0 saturated heterocycles. The van der Waals surface area contributed by atoms with Crippen molar-refractivity contribution in [3.05, 3.63) is 108 Å². The molecule has 0 bridgehead atoms. The highest BCUT2D eigenvalue weighted by molar-refractivity contribution is 6.01. The number of hydrogen-bond donors (Lipinski definition) is 2. The van der Waals surface area contributed by atoms with Crippen LogP contribution in [0, 0.1) is 0 Å². The van der Waals surface area contributed by atoms with Crippen LogP contribution in [0.25, 0.3) is 11.3 Å². The summed E-state index contributed by atoms with van der Waals surface area (Å²) in [6, 6.07) is 26.3. The topological polar surface area (TPSA) is 100 Å². The second-order valence-electron chi connectivity index (χ2n) is 7.23. The predicted molar refractivity (Wildman–Crippen MR) is 124 cm³/mol. The number of hydrogen-bond acceptors (Lipinski definition) is 5. The Bertz CT molecular complexity index is 1190. The average molecular weight is 425 g/mol. The maximum Gasteiger partial charge on any atom is 0.249 e. The normalized spacial score (nSPS) is 10.5. The quantitative estimate of drug-likeness (QED) is 0.430.